The van der Waals surface area contributed by atoms with Gasteiger partial charge < -0.3 is 10.4 Å². The van der Waals surface area contributed by atoms with Gasteiger partial charge in [0.25, 0.3) is 0 Å². The third kappa shape index (κ3) is 2.49. The third-order valence-corrected chi connectivity index (χ3v) is 4.91. The fraction of sp³-hybridized carbons (Fsp3) is 0. The van der Waals surface area contributed by atoms with Gasteiger partial charge in [-0.15, -0.1) is 0 Å². The summed E-state index contributed by atoms with van der Waals surface area (Å²) in [7, 11) is 0. The van der Waals surface area contributed by atoms with Gasteiger partial charge in [-0.2, -0.15) is 0 Å². The van der Waals surface area contributed by atoms with Crippen LogP contribution >= 0.6 is 11.8 Å². The summed E-state index contributed by atoms with van der Waals surface area (Å²) in [6.07, 6.45) is -0.994. The Bertz CT molecular complexity index is 912. The van der Waals surface area contributed by atoms with E-state index in [-0.39, 0.29) is 0 Å². The Kier molecular flexibility index (Phi) is 3.63. The molecule has 2 N–H and O–H groups in total. The van der Waals surface area contributed by atoms with E-state index in [2.05, 4.69) is 5.32 Å². The lowest BCUT2D eigenvalue weighted by Crippen LogP contribution is -2.27. The minimum atomic E-state index is -0.994. The highest BCUT2D eigenvalue weighted by atomic mass is 32.2. The van der Waals surface area contributed by atoms with Crippen LogP contribution in [0.2, 0.25) is 0 Å². The molecule has 1 aliphatic rings. The molecule has 0 radical (unpaired) electrons. The molecule has 0 unspecified atom stereocenters. The minimum absolute atomic E-state index is 0.664. The average molecular weight is 334 g/mol. The highest BCUT2D eigenvalue weighted by Crippen LogP contribution is 2.51. The highest BCUT2D eigenvalue weighted by Gasteiger charge is 2.30. The number of nitrogens with zero attached hydrogens (tertiary/aromatic N) is 1. The lowest BCUT2D eigenvalue weighted by molar-refractivity contribution is 0.204. The van der Waals surface area contributed by atoms with Crippen LogP contribution in [-0.2, 0) is 0 Å². The van der Waals surface area contributed by atoms with Crippen LogP contribution in [0.15, 0.2) is 82.6 Å². The smallest absolute Gasteiger partial charge is 0.416 e. The van der Waals surface area contributed by atoms with Gasteiger partial charge in [-0.1, -0.05) is 48.2 Å². The van der Waals surface area contributed by atoms with Crippen LogP contribution in [0.5, 0.6) is 0 Å². The van der Waals surface area contributed by atoms with Gasteiger partial charge in [0, 0.05) is 15.5 Å². The van der Waals surface area contributed by atoms with Crippen molar-refractivity contribution in [2.24, 2.45) is 0 Å². The largest absolute Gasteiger partial charge is 0.464 e. The lowest BCUT2D eigenvalue weighted by atomic mass is 10.2. The fourth-order valence-corrected chi connectivity index (χ4v) is 3.87. The van der Waals surface area contributed by atoms with E-state index in [1.807, 2.05) is 72.8 Å². The van der Waals surface area contributed by atoms with Crippen molar-refractivity contribution in [2.75, 3.05) is 10.2 Å². The maximum Gasteiger partial charge on any atom is 0.416 e. The number of rotatable bonds is 2. The molecule has 0 spiro atoms. The van der Waals surface area contributed by atoms with Crippen LogP contribution in [0.3, 0.4) is 0 Å². The first-order chi connectivity index (χ1) is 11.7. The van der Waals surface area contributed by atoms with E-state index in [9.17, 15) is 9.90 Å². The Morgan fingerprint density at radius 3 is 2.38 bits per heavy atom. The second kappa shape index (κ2) is 5.94. The van der Waals surface area contributed by atoms with E-state index in [1.54, 1.807) is 11.8 Å². The zero-order chi connectivity index (χ0) is 16.5. The molecule has 0 aromatic heterocycles. The summed E-state index contributed by atoms with van der Waals surface area (Å²) < 4.78 is 0. The molecule has 0 atom stereocenters. The van der Waals surface area contributed by atoms with Crippen LogP contribution in [0.25, 0.3) is 0 Å². The monoisotopic (exact) mass is 334 g/mol. The van der Waals surface area contributed by atoms with E-state index in [4.69, 9.17) is 0 Å². The first kappa shape index (κ1) is 14.7. The van der Waals surface area contributed by atoms with Gasteiger partial charge in [-0.05, 0) is 36.4 Å². The summed E-state index contributed by atoms with van der Waals surface area (Å²) >= 11 is 1.58. The van der Waals surface area contributed by atoms with E-state index in [0.29, 0.717) is 11.4 Å². The Morgan fingerprint density at radius 2 is 1.58 bits per heavy atom. The van der Waals surface area contributed by atoms with Crippen LogP contribution in [-0.4, -0.2) is 11.2 Å². The predicted molar refractivity (Wildman–Crippen MR) is 96.9 cm³/mol. The Hall–Kier alpha value is -2.92. The Morgan fingerprint density at radius 1 is 0.875 bits per heavy atom. The van der Waals surface area contributed by atoms with Crippen molar-refractivity contribution < 1.29 is 9.90 Å². The van der Waals surface area contributed by atoms with Crippen molar-refractivity contribution in [1.82, 2.24) is 0 Å². The normalized spacial score (nSPS) is 12.2. The second-order valence-electron chi connectivity index (χ2n) is 5.33. The summed E-state index contributed by atoms with van der Waals surface area (Å²) in [6.45, 7) is 0. The molecule has 4 nitrogen and oxygen atoms in total. The second-order valence-corrected chi connectivity index (χ2v) is 6.41. The number of fused-ring (bicyclic) bond motifs is 2. The molecule has 3 aromatic rings. The SMILES string of the molecule is O=C(O)N1c2ccccc2Sc2cccc(Nc3ccccc3)c21. The minimum Gasteiger partial charge on any atom is -0.464 e. The fourth-order valence-electron chi connectivity index (χ4n) is 2.78. The molecule has 0 bridgehead atoms. The van der Waals surface area contributed by atoms with Crippen LogP contribution in [0.1, 0.15) is 0 Å². The molecule has 0 fully saturated rings. The van der Waals surface area contributed by atoms with Crippen molar-refractivity contribution >= 4 is 40.6 Å². The number of para-hydroxylation sites is 3. The van der Waals surface area contributed by atoms with Gasteiger partial charge in [-0.25, -0.2) is 9.69 Å². The van der Waals surface area contributed by atoms with Gasteiger partial charge in [-0.3, -0.25) is 0 Å². The van der Waals surface area contributed by atoms with Crippen LogP contribution in [0, 0.1) is 0 Å². The zero-order valence-corrected chi connectivity index (χ0v) is 13.5. The summed E-state index contributed by atoms with van der Waals surface area (Å²) in [4.78, 5) is 15.2. The van der Waals surface area contributed by atoms with Crippen molar-refractivity contribution in [3.63, 3.8) is 0 Å². The van der Waals surface area contributed by atoms with Gasteiger partial charge in [0.2, 0.25) is 0 Å². The molecular formula is C19H14N2O2S. The number of amides is 1. The number of carbonyl (C=O) groups is 1. The molecule has 4 rings (SSSR count). The van der Waals surface area contributed by atoms with Gasteiger partial charge in [0.05, 0.1) is 17.1 Å². The van der Waals surface area contributed by atoms with E-state index < -0.39 is 6.09 Å². The topological polar surface area (TPSA) is 52.6 Å². The van der Waals surface area contributed by atoms with E-state index >= 15 is 0 Å². The van der Waals surface area contributed by atoms with Gasteiger partial charge >= 0.3 is 6.09 Å². The number of anilines is 4. The zero-order valence-electron chi connectivity index (χ0n) is 12.6. The number of nitrogens with one attached hydrogen (secondary N) is 1. The average Bonchev–Trinajstić information content (AvgIpc) is 2.60. The Labute approximate surface area is 143 Å². The first-order valence-electron chi connectivity index (χ1n) is 7.49. The summed E-state index contributed by atoms with van der Waals surface area (Å²) in [5, 5.41) is 13.1. The quantitative estimate of drug-likeness (QED) is 0.630. The standard InChI is InChI=1S/C19H14N2O2S/c22-19(23)21-15-10-4-5-11-16(15)24-17-12-6-9-14(18(17)21)20-13-7-2-1-3-8-13/h1-12,20H,(H,22,23). The van der Waals surface area contributed by atoms with E-state index in [1.165, 1.54) is 4.90 Å². The molecule has 0 saturated heterocycles. The highest BCUT2D eigenvalue weighted by molar-refractivity contribution is 7.99. The molecule has 1 heterocycles. The predicted octanol–water partition coefficient (Wildman–Crippen LogP) is 5.71. The molecule has 1 aliphatic heterocycles. The number of benzene rings is 3. The number of hydrogen-bond donors (Lipinski definition) is 2. The maximum absolute atomic E-state index is 12.0. The molecule has 0 aliphatic carbocycles. The summed E-state index contributed by atoms with van der Waals surface area (Å²) in [6, 6.07) is 23.1. The van der Waals surface area contributed by atoms with Crippen molar-refractivity contribution in [1.29, 1.82) is 0 Å². The summed E-state index contributed by atoms with van der Waals surface area (Å²) in [5.41, 5.74) is 3.03. The van der Waals surface area contributed by atoms with E-state index in [0.717, 1.165) is 21.2 Å². The first-order valence-corrected chi connectivity index (χ1v) is 8.31. The lowest BCUT2D eigenvalue weighted by Gasteiger charge is -2.30. The molecule has 3 aromatic carbocycles. The molecule has 1 amide bonds. The van der Waals surface area contributed by atoms with Gasteiger partial charge in [0.1, 0.15) is 0 Å². The maximum atomic E-state index is 12.0. The molecule has 24 heavy (non-hydrogen) atoms. The van der Waals surface area contributed by atoms with Crippen molar-refractivity contribution in [2.45, 2.75) is 9.79 Å². The van der Waals surface area contributed by atoms with Crippen molar-refractivity contribution in [3.8, 4) is 0 Å². The Balaban J connectivity index is 1.85. The molecular weight excluding hydrogens is 320 g/mol. The number of hydrogen-bond acceptors (Lipinski definition) is 3. The molecule has 118 valence electrons. The third-order valence-electron chi connectivity index (χ3n) is 3.79. The van der Waals surface area contributed by atoms with Crippen LogP contribution in [0.4, 0.5) is 27.5 Å². The van der Waals surface area contributed by atoms with Gasteiger partial charge in [0.15, 0.2) is 0 Å². The van der Waals surface area contributed by atoms with Crippen molar-refractivity contribution in [3.05, 3.63) is 72.8 Å². The molecule has 0 saturated carbocycles. The molecule has 5 heteroatoms. The number of carboxylic acid groups (broad SMARTS) is 1. The van der Waals surface area contributed by atoms with Crippen LogP contribution < -0.4 is 10.2 Å². The summed E-state index contributed by atoms with van der Waals surface area (Å²) in [5.74, 6) is 0.